The van der Waals surface area contributed by atoms with Gasteiger partial charge in [-0.3, -0.25) is 0 Å². The predicted molar refractivity (Wildman–Crippen MR) is 88.0 cm³/mol. The number of nitrogens with one attached hydrogen (secondary N) is 1. The van der Waals surface area contributed by atoms with E-state index in [4.69, 9.17) is 4.52 Å². The second-order valence-electron chi connectivity index (χ2n) is 4.62. The fraction of sp³-hybridized carbons (Fsp3) is 0.308. The van der Waals surface area contributed by atoms with Crippen molar-refractivity contribution in [3.05, 3.63) is 29.3 Å². The van der Waals surface area contributed by atoms with E-state index in [-0.39, 0.29) is 0 Å². The van der Waals surface area contributed by atoms with Gasteiger partial charge in [0.1, 0.15) is 0 Å². The molecule has 0 amide bonds. The van der Waals surface area contributed by atoms with Crippen molar-refractivity contribution in [1.82, 2.24) is 15.4 Å². The number of hydrogen-bond donors (Lipinski definition) is 1. The summed E-state index contributed by atoms with van der Waals surface area (Å²) in [5.41, 5.74) is 0.914. The molecule has 0 atom stereocenters. The van der Waals surface area contributed by atoms with Gasteiger partial charge in [-0.2, -0.15) is 0 Å². The Morgan fingerprint density at radius 1 is 1.38 bits per heavy atom. The summed E-state index contributed by atoms with van der Waals surface area (Å²) in [6, 6.07) is 6.37. The van der Waals surface area contributed by atoms with Crippen LogP contribution >= 0.6 is 34.4 Å². The molecule has 0 aliphatic rings. The summed E-state index contributed by atoms with van der Waals surface area (Å²) in [6.45, 7) is 4.16. The van der Waals surface area contributed by atoms with Crippen LogP contribution in [0.3, 0.4) is 0 Å². The lowest BCUT2D eigenvalue weighted by molar-refractivity contribution is 0.427. The first-order valence-corrected chi connectivity index (χ1v) is 9.11. The van der Waals surface area contributed by atoms with Crippen molar-refractivity contribution in [2.45, 2.75) is 30.0 Å². The quantitative estimate of drug-likeness (QED) is 0.673. The summed E-state index contributed by atoms with van der Waals surface area (Å²) in [7, 11) is 0. The van der Waals surface area contributed by atoms with E-state index in [1.807, 2.05) is 23.6 Å². The number of thioether (sulfide) groups is 1. The Balaban J connectivity index is 1.59. The maximum absolute atomic E-state index is 5.36. The van der Waals surface area contributed by atoms with Crippen LogP contribution in [0.1, 0.15) is 19.5 Å². The van der Waals surface area contributed by atoms with E-state index in [1.165, 1.54) is 0 Å². The maximum Gasteiger partial charge on any atom is 0.206 e. The van der Waals surface area contributed by atoms with Gasteiger partial charge in [0, 0.05) is 17.9 Å². The first kappa shape index (κ1) is 14.6. The SMILES string of the molecule is CC(C)Nc1nnc(SCc2cc(-c3cccs3)on2)s1. The van der Waals surface area contributed by atoms with E-state index >= 15 is 0 Å². The van der Waals surface area contributed by atoms with Gasteiger partial charge in [0.2, 0.25) is 5.13 Å². The molecule has 3 rings (SSSR count). The molecule has 0 aliphatic carbocycles. The summed E-state index contributed by atoms with van der Waals surface area (Å²) in [5.74, 6) is 1.55. The molecular weight excluding hydrogens is 324 g/mol. The maximum atomic E-state index is 5.36. The molecule has 0 fully saturated rings. The van der Waals surface area contributed by atoms with Crippen LogP contribution in [0.25, 0.3) is 10.6 Å². The van der Waals surface area contributed by atoms with Gasteiger partial charge in [0.15, 0.2) is 10.1 Å². The molecule has 110 valence electrons. The Labute approximate surface area is 134 Å². The highest BCUT2D eigenvalue weighted by Gasteiger charge is 2.10. The smallest absolute Gasteiger partial charge is 0.206 e. The van der Waals surface area contributed by atoms with Gasteiger partial charge >= 0.3 is 0 Å². The van der Waals surface area contributed by atoms with Crippen LogP contribution in [-0.2, 0) is 5.75 Å². The monoisotopic (exact) mass is 338 g/mol. The van der Waals surface area contributed by atoms with Gasteiger partial charge in [-0.15, -0.1) is 21.5 Å². The molecule has 0 radical (unpaired) electrons. The molecular formula is C13H14N4OS3. The number of thiophene rings is 1. The Bertz CT molecular complexity index is 690. The van der Waals surface area contributed by atoms with E-state index in [9.17, 15) is 0 Å². The summed E-state index contributed by atoms with van der Waals surface area (Å²) >= 11 is 4.82. The zero-order chi connectivity index (χ0) is 14.7. The average Bonchev–Trinajstić information content (AvgIpc) is 3.17. The van der Waals surface area contributed by atoms with Crippen LogP contribution in [0, 0.1) is 0 Å². The highest BCUT2D eigenvalue weighted by molar-refractivity contribution is 8.00. The van der Waals surface area contributed by atoms with Gasteiger partial charge in [-0.1, -0.05) is 34.3 Å². The van der Waals surface area contributed by atoms with Crippen LogP contribution in [0.4, 0.5) is 5.13 Å². The Morgan fingerprint density at radius 2 is 2.29 bits per heavy atom. The molecule has 3 aromatic heterocycles. The van der Waals surface area contributed by atoms with Gasteiger partial charge in [-0.05, 0) is 25.3 Å². The van der Waals surface area contributed by atoms with Crippen molar-refractivity contribution in [2.75, 3.05) is 5.32 Å². The normalized spacial score (nSPS) is 11.2. The van der Waals surface area contributed by atoms with E-state index in [0.717, 1.165) is 31.6 Å². The first-order valence-electron chi connectivity index (χ1n) is 6.43. The van der Waals surface area contributed by atoms with Crippen LogP contribution in [0.15, 0.2) is 32.4 Å². The lowest BCUT2D eigenvalue weighted by Crippen LogP contribution is -2.08. The number of rotatable bonds is 6. The minimum atomic E-state index is 0.361. The van der Waals surface area contributed by atoms with E-state index in [1.54, 1.807) is 34.4 Å². The molecule has 0 saturated carbocycles. The highest BCUT2D eigenvalue weighted by atomic mass is 32.2. The molecule has 5 nitrogen and oxygen atoms in total. The number of anilines is 1. The Morgan fingerprint density at radius 3 is 3.05 bits per heavy atom. The third-order valence-electron chi connectivity index (χ3n) is 2.49. The second kappa shape index (κ2) is 6.59. The van der Waals surface area contributed by atoms with Crippen molar-refractivity contribution in [1.29, 1.82) is 0 Å². The minimum absolute atomic E-state index is 0.361. The second-order valence-corrected chi connectivity index (χ2v) is 7.77. The van der Waals surface area contributed by atoms with Gasteiger partial charge in [-0.25, -0.2) is 0 Å². The van der Waals surface area contributed by atoms with Crippen LogP contribution in [0.2, 0.25) is 0 Å². The molecule has 0 unspecified atom stereocenters. The number of aromatic nitrogens is 3. The predicted octanol–water partition coefficient (Wildman–Crippen LogP) is 4.37. The molecule has 0 saturated heterocycles. The Hall–Kier alpha value is -1.38. The standard InChI is InChI=1S/C13H14N4OS3/c1-8(2)14-12-15-16-13(21-12)20-7-9-6-10(18-17-9)11-4-3-5-19-11/h3-6,8H,7H2,1-2H3,(H,14,15). The van der Waals surface area contributed by atoms with Gasteiger partial charge < -0.3 is 9.84 Å². The highest BCUT2D eigenvalue weighted by Crippen LogP contribution is 2.30. The topological polar surface area (TPSA) is 63.8 Å². The van der Waals surface area contributed by atoms with Crippen molar-refractivity contribution in [3.63, 3.8) is 0 Å². The fourth-order valence-electron chi connectivity index (χ4n) is 1.62. The molecule has 0 spiro atoms. The molecule has 3 heterocycles. The first-order chi connectivity index (χ1) is 10.2. The van der Waals surface area contributed by atoms with Gasteiger partial charge in [0.05, 0.1) is 10.6 Å². The van der Waals surface area contributed by atoms with E-state index in [2.05, 4.69) is 34.5 Å². The zero-order valence-electron chi connectivity index (χ0n) is 11.6. The lowest BCUT2D eigenvalue weighted by Gasteiger charge is -2.02. The van der Waals surface area contributed by atoms with Crippen LogP contribution in [0.5, 0.6) is 0 Å². The Kier molecular flexibility index (Phi) is 4.57. The molecule has 3 aromatic rings. The van der Waals surface area contributed by atoms with Crippen molar-refractivity contribution < 1.29 is 4.52 Å². The van der Waals surface area contributed by atoms with Crippen molar-refractivity contribution >= 4 is 39.6 Å². The van der Waals surface area contributed by atoms with Crippen LogP contribution in [-0.4, -0.2) is 21.4 Å². The molecule has 21 heavy (non-hydrogen) atoms. The van der Waals surface area contributed by atoms with Crippen molar-refractivity contribution in [2.24, 2.45) is 0 Å². The molecule has 0 bridgehead atoms. The molecule has 1 N–H and O–H groups in total. The third-order valence-corrected chi connectivity index (χ3v) is 5.39. The fourth-order valence-corrected chi connectivity index (χ4v) is 4.08. The minimum Gasteiger partial charge on any atom is -0.358 e. The summed E-state index contributed by atoms with van der Waals surface area (Å²) in [5, 5.41) is 18.5. The van der Waals surface area contributed by atoms with Crippen molar-refractivity contribution in [3.8, 4) is 10.6 Å². The molecule has 8 heteroatoms. The zero-order valence-corrected chi connectivity index (χ0v) is 14.0. The van der Waals surface area contributed by atoms with E-state index < -0.39 is 0 Å². The number of nitrogens with zero attached hydrogens (tertiary/aromatic N) is 3. The summed E-state index contributed by atoms with van der Waals surface area (Å²) < 4.78 is 6.29. The lowest BCUT2D eigenvalue weighted by atomic mass is 10.3. The summed E-state index contributed by atoms with van der Waals surface area (Å²) in [6.07, 6.45) is 0. The van der Waals surface area contributed by atoms with Gasteiger partial charge in [0.25, 0.3) is 0 Å². The average molecular weight is 338 g/mol. The summed E-state index contributed by atoms with van der Waals surface area (Å²) in [4.78, 5) is 1.10. The number of hydrogen-bond acceptors (Lipinski definition) is 8. The molecule has 0 aromatic carbocycles. The van der Waals surface area contributed by atoms with Crippen LogP contribution < -0.4 is 5.32 Å². The largest absolute Gasteiger partial charge is 0.358 e. The van der Waals surface area contributed by atoms with E-state index in [0.29, 0.717) is 6.04 Å². The third kappa shape index (κ3) is 3.84. The molecule has 0 aliphatic heterocycles.